The zero-order valence-corrected chi connectivity index (χ0v) is 18.3. The van der Waals surface area contributed by atoms with Crippen molar-refractivity contribution in [1.82, 2.24) is 0 Å². The molecule has 0 aromatic carbocycles. The molecule has 2 aliphatic carbocycles. The molecule has 5 heteroatoms. The third-order valence-electron chi connectivity index (χ3n) is 8.57. The minimum Gasteiger partial charge on any atom is -0.460 e. The van der Waals surface area contributed by atoms with Gasteiger partial charge in [-0.15, -0.1) is 6.58 Å². The number of rotatable bonds is 5. The lowest BCUT2D eigenvalue weighted by molar-refractivity contribution is -0.192. The van der Waals surface area contributed by atoms with E-state index in [1.54, 1.807) is 6.08 Å². The van der Waals surface area contributed by atoms with Crippen LogP contribution in [0.1, 0.15) is 67.2 Å². The number of esters is 1. The van der Waals surface area contributed by atoms with Gasteiger partial charge in [0.05, 0.1) is 6.10 Å². The number of aliphatic hydroxyl groups is 2. The Morgan fingerprint density at radius 3 is 2.50 bits per heavy atom. The van der Waals surface area contributed by atoms with E-state index in [1.165, 1.54) is 0 Å². The van der Waals surface area contributed by atoms with E-state index in [4.69, 9.17) is 4.74 Å². The summed E-state index contributed by atoms with van der Waals surface area (Å²) in [6.07, 6.45) is 2.86. The van der Waals surface area contributed by atoms with Crippen LogP contribution in [0.4, 0.5) is 0 Å². The smallest absolute Gasteiger partial charge is 0.332 e. The van der Waals surface area contributed by atoms with Gasteiger partial charge in [-0.2, -0.15) is 0 Å². The molecule has 0 bridgehead atoms. The van der Waals surface area contributed by atoms with Crippen LogP contribution >= 0.6 is 0 Å². The summed E-state index contributed by atoms with van der Waals surface area (Å²) < 4.78 is 5.80. The molecule has 0 aromatic rings. The Kier molecular flexibility index (Phi) is 6.52. The molecule has 2 N–H and O–H groups in total. The van der Waals surface area contributed by atoms with E-state index in [9.17, 15) is 19.8 Å². The summed E-state index contributed by atoms with van der Waals surface area (Å²) in [6, 6.07) is 0. The summed E-state index contributed by atoms with van der Waals surface area (Å²) in [6.45, 7) is 15.6. The van der Waals surface area contributed by atoms with Gasteiger partial charge in [0, 0.05) is 23.2 Å². The number of ether oxygens (including phenoxy) is 1. The van der Waals surface area contributed by atoms with E-state index in [1.807, 2.05) is 13.8 Å². The lowest BCUT2D eigenvalue weighted by Crippen LogP contribution is -2.60. The molecule has 8 atom stereocenters. The number of hydrogen-bond donors (Lipinski definition) is 2. The molecule has 0 radical (unpaired) electrons. The van der Waals surface area contributed by atoms with Crippen LogP contribution in [-0.2, 0) is 14.3 Å². The average molecular weight is 395 g/mol. The van der Waals surface area contributed by atoms with Crippen molar-refractivity contribution in [2.24, 2.45) is 34.0 Å². The number of Topliss-reactive ketones (excluding diaryl/α,β-unsaturated/α-hetero) is 1. The minimum absolute atomic E-state index is 0.107. The van der Waals surface area contributed by atoms with Gasteiger partial charge in [-0.1, -0.05) is 54.0 Å². The summed E-state index contributed by atoms with van der Waals surface area (Å²) >= 11 is 0. The third kappa shape index (κ3) is 3.35. The second kappa shape index (κ2) is 7.91. The molecule has 0 spiro atoms. The Bertz CT molecular complexity index is 630. The molecule has 2 rings (SSSR count). The Hall–Kier alpha value is -1.20. The normalized spacial score (nSPS) is 44.9. The fraction of sp³-hybridized carbons (Fsp3) is 0.826. The van der Waals surface area contributed by atoms with E-state index in [0.717, 1.165) is 6.42 Å². The maximum absolute atomic E-state index is 13.2. The number of carbonyl (C=O) groups is 2. The minimum atomic E-state index is -0.708. The molecule has 28 heavy (non-hydrogen) atoms. The average Bonchev–Trinajstić information content (AvgIpc) is 2.99. The molecule has 160 valence electrons. The predicted octanol–water partition coefficient (Wildman–Crippen LogP) is 3.52. The molecular weight excluding hydrogens is 356 g/mol. The van der Waals surface area contributed by atoms with Gasteiger partial charge in [0.1, 0.15) is 18.5 Å². The topological polar surface area (TPSA) is 83.8 Å². The second-order valence-electron chi connectivity index (χ2n) is 9.86. The van der Waals surface area contributed by atoms with E-state index in [0.29, 0.717) is 19.3 Å². The highest BCUT2D eigenvalue weighted by atomic mass is 16.6. The van der Waals surface area contributed by atoms with Crippen LogP contribution in [0.25, 0.3) is 0 Å². The SMILES string of the molecule is C=C[C@]1(C)C[C@@H](OC(=O)CO)[C@](C)([C@H](C)CC)[C@@H]2C(=O)CC[C@@]2(C)[C@@H](C)[C@@H]1O. The Balaban J connectivity index is 2.75. The first-order valence-electron chi connectivity index (χ1n) is 10.6. The Labute approximate surface area is 169 Å². The number of hydrogen-bond acceptors (Lipinski definition) is 5. The standard InChI is InChI=1S/C23H38O5/c1-8-14(3)23(7)17(28-18(26)13-24)12-21(5,9-2)20(27)15(4)22(6)11-10-16(25)19(22)23/h9,14-15,17,19-20,24,27H,2,8,10-13H2,1,3-7H3/t14-,15+,17-,19-,20+,21-,22+,23+/m1/s1. The van der Waals surface area contributed by atoms with Gasteiger partial charge in [0.15, 0.2) is 0 Å². The van der Waals surface area contributed by atoms with E-state index in [2.05, 4.69) is 34.3 Å². The maximum Gasteiger partial charge on any atom is 0.332 e. The molecule has 2 aliphatic rings. The molecule has 0 unspecified atom stereocenters. The van der Waals surface area contributed by atoms with Gasteiger partial charge in [0.25, 0.3) is 0 Å². The van der Waals surface area contributed by atoms with Gasteiger partial charge >= 0.3 is 5.97 Å². The van der Waals surface area contributed by atoms with Crippen molar-refractivity contribution in [2.45, 2.75) is 79.4 Å². The Morgan fingerprint density at radius 2 is 2.00 bits per heavy atom. The first-order valence-corrected chi connectivity index (χ1v) is 10.6. The van der Waals surface area contributed by atoms with Crippen LogP contribution in [0.2, 0.25) is 0 Å². The lowest BCUT2D eigenvalue weighted by Gasteiger charge is -2.57. The van der Waals surface area contributed by atoms with Gasteiger partial charge < -0.3 is 14.9 Å². The maximum atomic E-state index is 13.2. The first-order chi connectivity index (χ1) is 12.9. The Morgan fingerprint density at radius 1 is 1.39 bits per heavy atom. The van der Waals surface area contributed by atoms with Crippen LogP contribution in [0.15, 0.2) is 12.7 Å². The molecule has 2 fully saturated rings. The third-order valence-corrected chi connectivity index (χ3v) is 8.57. The first kappa shape index (κ1) is 23.1. The summed E-state index contributed by atoms with van der Waals surface area (Å²) in [5, 5.41) is 20.6. The monoisotopic (exact) mass is 394 g/mol. The van der Waals surface area contributed by atoms with Crippen molar-refractivity contribution in [3.05, 3.63) is 12.7 Å². The lowest BCUT2D eigenvalue weighted by atomic mass is 9.48. The molecule has 2 saturated carbocycles. The molecule has 0 heterocycles. The quantitative estimate of drug-likeness (QED) is 0.551. The molecule has 0 amide bonds. The fourth-order valence-corrected chi connectivity index (χ4v) is 6.07. The highest BCUT2D eigenvalue weighted by molar-refractivity contribution is 5.85. The highest BCUT2D eigenvalue weighted by Gasteiger charge is 2.64. The van der Waals surface area contributed by atoms with Crippen molar-refractivity contribution in [3.63, 3.8) is 0 Å². The summed E-state index contributed by atoms with van der Waals surface area (Å²) in [4.78, 5) is 25.3. The van der Waals surface area contributed by atoms with Gasteiger partial charge in [-0.05, 0) is 30.1 Å². The molecule has 5 nitrogen and oxygen atoms in total. The van der Waals surface area contributed by atoms with Crippen molar-refractivity contribution in [1.29, 1.82) is 0 Å². The molecular formula is C23H38O5. The van der Waals surface area contributed by atoms with Crippen LogP contribution in [-0.4, -0.2) is 40.8 Å². The predicted molar refractivity (Wildman–Crippen MR) is 108 cm³/mol. The van der Waals surface area contributed by atoms with Crippen molar-refractivity contribution in [2.75, 3.05) is 6.61 Å². The van der Waals surface area contributed by atoms with Gasteiger partial charge in [-0.25, -0.2) is 4.79 Å². The molecule has 0 saturated heterocycles. The summed E-state index contributed by atoms with van der Waals surface area (Å²) in [5.74, 6) is -0.806. The zero-order valence-electron chi connectivity index (χ0n) is 18.3. The van der Waals surface area contributed by atoms with Crippen molar-refractivity contribution < 1.29 is 24.5 Å². The van der Waals surface area contributed by atoms with Gasteiger partial charge in [0.2, 0.25) is 0 Å². The van der Waals surface area contributed by atoms with E-state index >= 15 is 0 Å². The van der Waals surface area contributed by atoms with Crippen molar-refractivity contribution in [3.8, 4) is 0 Å². The molecule has 0 aliphatic heterocycles. The number of fused-ring (bicyclic) bond motifs is 1. The van der Waals surface area contributed by atoms with E-state index < -0.39 is 41.0 Å². The zero-order chi connectivity index (χ0) is 21.5. The van der Waals surface area contributed by atoms with Crippen LogP contribution < -0.4 is 0 Å². The summed E-state index contributed by atoms with van der Waals surface area (Å²) in [7, 11) is 0. The van der Waals surface area contributed by atoms with Crippen molar-refractivity contribution >= 4 is 11.8 Å². The summed E-state index contributed by atoms with van der Waals surface area (Å²) in [5.41, 5.74) is -1.67. The second-order valence-corrected chi connectivity index (χ2v) is 9.86. The highest BCUT2D eigenvalue weighted by Crippen LogP contribution is 2.63. The fourth-order valence-electron chi connectivity index (χ4n) is 6.07. The van der Waals surface area contributed by atoms with E-state index in [-0.39, 0.29) is 23.5 Å². The number of carbonyl (C=O) groups excluding carboxylic acids is 2. The van der Waals surface area contributed by atoms with Crippen LogP contribution in [0, 0.1) is 34.0 Å². The largest absolute Gasteiger partial charge is 0.460 e. The van der Waals surface area contributed by atoms with Crippen LogP contribution in [0.5, 0.6) is 0 Å². The van der Waals surface area contributed by atoms with Crippen LogP contribution in [0.3, 0.4) is 0 Å². The number of aliphatic hydroxyl groups excluding tert-OH is 2. The number of ketones is 1. The van der Waals surface area contributed by atoms with Gasteiger partial charge in [-0.3, -0.25) is 4.79 Å². The molecule has 0 aromatic heterocycles.